The average molecular weight is 524 g/mol. The normalized spacial score (nSPS) is 12.1. The molecule has 37 heavy (non-hydrogen) atoms. The first kappa shape index (κ1) is 27.9. The second kappa shape index (κ2) is 12.0. The highest BCUT2D eigenvalue weighted by Gasteiger charge is 2.28. The van der Waals surface area contributed by atoms with Gasteiger partial charge in [-0.05, 0) is 61.9 Å². The number of carbonyl (C=O) groups excluding carboxylic acids is 1. The van der Waals surface area contributed by atoms with Crippen LogP contribution in [0.15, 0.2) is 65.6 Å². The quantitative estimate of drug-likeness (QED) is 0.304. The van der Waals surface area contributed by atoms with Crippen LogP contribution < -0.4 is 15.4 Å². The number of hydrogen-bond acceptors (Lipinski definition) is 4. The molecule has 0 aromatic heterocycles. The smallest absolute Gasteiger partial charge is 0.322 e. The van der Waals surface area contributed by atoms with Gasteiger partial charge in [-0.2, -0.15) is 4.72 Å². The maximum Gasteiger partial charge on any atom is 0.322 e. The first-order chi connectivity index (χ1) is 17.5. The van der Waals surface area contributed by atoms with E-state index in [1.807, 2.05) is 44.2 Å². The highest BCUT2D eigenvalue weighted by molar-refractivity contribution is 7.89. The number of carbonyl (C=O) groups is 2. The number of aryl methyl sites for hydroxylation is 3. The SMILES string of the molecule is CCCNC(=O)Nc1cc(CC(NS(=O)(=O)c2c(C)cc(C)cc2C)C(=O)O)ccc1-c1ccccc1. The Kier molecular flexibility index (Phi) is 9.07. The van der Waals surface area contributed by atoms with Crippen molar-refractivity contribution in [3.8, 4) is 11.1 Å². The summed E-state index contributed by atoms with van der Waals surface area (Å²) < 4.78 is 28.8. The molecule has 0 fully saturated rings. The van der Waals surface area contributed by atoms with E-state index < -0.39 is 22.0 Å². The Morgan fingerprint density at radius 3 is 2.19 bits per heavy atom. The van der Waals surface area contributed by atoms with Gasteiger partial charge in [-0.1, -0.05) is 67.1 Å². The molecule has 0 aliphatic heterocycles. The molecule has 0 heterocycles. The largest absolute Gasteiger partial charge is 0.480 e. The second-order valence-corrected chi connectivity index (χ2v) is 10.7. The van der Waals surface area contributed by atoms with Gasteiger partial charge in [0.1, 0.15) is 6.04 Å². The van der Waals surface area contributed by atoms with Gasteiger partial charge in [0.05, 0.1) is 10.6 Å². The number of anilines is 1. The molecular weight excluding hydrogens is 490 g/mol. The van der Waals surface area contributed by atoms with Gasteiger partial charge < -0.3 is 15.7 Å². The molecule has 1 atom stereocenters. The van der Waals surface area contributed by atoms with Crippen molar-refractivity contribution in [1.29, 1.82) is 0 Å². The van der Waals surface area contributed by atoms with Crippen molar-refractivity contribution in [2.45, 2.75) is 51.5 Å². The lowest BCUT2D eigenvalue weighted by Crippen LogP contribution is -2.42. The number of hydrogen-bond donors (Lipinski definition) is 4. The standard InChI is InChI=1S/C28H33N3O5S/c1-5-13-29-28(34)30-24-16-21(11-12-23(24)22-9-7-6-8-10-22)17-25(27(32)33)31-37(35,36)26-19(3)14-18(2)15-20(26)4/h6-12,14-16,25,31H,5,13,17H2,1-4H3,(H,32,33)(H2,29,30,34). The first-order valence-corrected chi connectivity index (χ1v) is 13.6. The van der Waals surface area contributed by atoms with Crippen LogP contribution in [0.3, 0.4) is 0 Å². The Labute approximate surface area is 218 Å². The van der Waals surface area contributed by atoms with Crippen molar-refractivity contribution in [3.63, 3.8) is 0 Å². The minimum Gasteiger partial charge on any atom is -0.480 e. The van der Waals surface area contributed by atoms with Crippen LogP contribution in [0.4, 0.5) is 10.5 Å². The lowest BCUT2D eigenvalue weighted by atomic mass is 9.98. The molecule has 4 N–H and O–H groups in total. The number of carboxylic acids is 1. The average Bonchev–Trinajstić information content (AvgIpc) is 2.82. The zero-order valence-electron chi connectivity index (χ0n) is 21.5. The van der Waals surface area contributed by atoms with Crippen molar-refractivity contribution < 1.29 is 23.1 Å². The predicted octanol–water partition coefficient (Wildman–Crippen LogP) is 4.78. The molecule has 3 aromatic rings. The zero-order valence-corrected chi connectivity index (χ0v) is 22.3. The fourth-order valence-electron chi connectivity index (χ4n) is 4.35. The number of aliphatic carboxylic acids is 1. The summed E-state index contributed by atoms with van der Waals surface area (Å²) in [4.78, 5) is 24.6. The Morgan fingerprint density at radius 2 is 1.59 bits per heavy atom. The molecule has 0 radical (unpaired) electrons. The van der Waals surface area contributed by atoms with Crippen LogP contribution in [0.5, 0.6) is 0 Å². The zero-order chi connectivity index (χ0) is 27.2. The Bertz CT molecular complexity index is 1370. The highest BCUT2D eigenvalue weighted by atomic mass is 32.2. The lowest BCUT2D eigenvalue weighted by Gasteiger charge is -2.19. The monoisotopic (exact) mass is 523 g/mol. The summed E-state index contributed by atoms with van der Waals surface area (Å²) >= 11 is 0. The van der Waals surface area contributed by atoms with Gasteiger partial charge in [-0.15, -0.1) is 0 Å². The summed E-state index contributed by atoms with van der Waals surface area (Å²) in [7, 11) is -4.10. The Hall–Kier alpha value is -3.69. The van der Waals surface area contributed by atoms with Gasteiger partial charge in [-0.25, -0.2) is 13.2 Å². The van der Waals surface area contributed by atoms with Crippen LogP contribution in [0.2, 0.25) is 0 Å². The van der Waals surface area contributed by atoms with Crippen molar-refractivity contribution in [1.82, 2.24) is 10.0 Å². The molecule has 196 valence electrons. The number of nitrogens with one attached hydrogen (secondary N) is 3. The molecular formula is C28H33N3O5S. The maximum absolute atomic E-state index is 13.2. The second-order valence-electron chi connectivity index (χ2n) is 9.07. The van der Waals surface area contributed by atoms with Gasteiger partial charge in [0.15, 0.2) is 0 Å². The summed E-state index contributed by atoms with van der Waals surface area (Å²) in [5.74, 6) is -1.30. The summed E-state index contributed by atoms with van der Waals surface area (Å²) in [6, 6.07) is 16.4. The molecule has 2 amide bonds. The Morgan fingerprint density at radius 1 is 0.946 bits per heavy atom. The molecule has 8 nitrogen and oxygen atoms in total. The third kappa shape index (κ3) is 7.18. The van der Waals surface area contributed by atoms with E-state index in [0.717, 1.165) is 23.1 Å². The van der Waals surface area contributed by atoms with Crippen LogP contribution in [-0.4, -0.2) is 38.1 Å². The van der Waals surface area contributed by atoms with Gasteiger partial charge in [0.2, 0.25) is 10.0 Å². The van der Waals surface area contributed by atoms with Gasteiger partial charge in [0.25, 0.3) is 0 Å². The number of urea groups is 1. The summed E-state index contributed by atoms with van der Waals surface area (Å²) in [5, 5.41) is 15.5. The third-order valence-electron chi connectivity index (χ3n) is 5.86. The molecule has 1 unspecified atom stereocenters. The van der Waals surface area contributed by atoms with E-state index >= 15 is 0 Å². The Balaban J connectivity index is 1.93. The van der Waals surface area contributed by atoms with Crippen molar-refractivity contribution in [2.24, 2.45) is 0 Å². The van der Waals surface area contributed by atoms with Crippen LogP contribution in [0.1, 0.15) is 35.6 Å². The minimum atomic E-state index is -4.10. The molecule has 9 heteroatoms. The van der Waals surface area contributed by atoms with E-state index in [1.54, 1.807) is 44.2 Å². The lowest BCUT2D eigenvalue weighted by molar-refractivity contribution is -0.138. The van der Waals surface area contributed by atoms with E-state index in [-0.39, 0.29) is 17.3 Å². The molecule has 3 aromatic carbocycles. The number of rotatable bonds is 10. The predicted molar refractivity (Wildman–Crippen MR) is 145 cm³/mol. The van der Waals surface area contributed by atoms with Crippen LogP contribution in [0, 0.1) is 20.8 Å². The fraction of sp³-hybridized carbons (Fsp3) is 0.286. The van der Waals surface area contributed by atoms with Crippen molar-refractivity contribution >= 4 is 27.7 Å². The minimum absolute atomic E-state index is 0.0822. The number of sulfonamides is 1. The fourth-order valence-corrected chi connectivity index (χ4v) is 5.99. The summed E-state index contributed by atoms with van der Waals surface area (Å²) in [5.41, 5.74) is 4.70. The van der Waals surface area contributed by atoms with E-state index in [0.29, 0.717) is 28.9 Å². The van der Waals surface area contributed by atoms with Gasteiger partial charge in [-0.3, -0.25) is 4.79 Å². The van der Waals surface area contributed by atoms with Gasteiger partial charge >= 0.3 is 12.0 Å². The third-order valence-corrected chi connectivity index (χ3v) is 7.64. The maximum atomic E-state index is 13.2. The topological polar surface area (TPSA) is 125 Å². The molecule has 0 spiro atoms. The number of benzene rings is 3. The highest BCUT2D eigenvalue weighted by Crippen LogP contribution is 2.30. The van der Waals surface area contributed by atoms with E-state index in [4.69, 9.17) is 0 Å². The molecule has 0 saturated heterocycles. The van der Waals surface area contributed by atoms with Crippen LogP contribution in [0.25, 0.3) is 11.1 Å². The summed E-state index contributed by atoms with van der Waals surface area (Å²) in [6.07, 6.45) is 0.665. The van der Waals surface area contributed by atoms with Crippen LogP contribution >= 0.6 is 0 Å². The molecule has 3 rings (SSSR count). The molecule has 0 bridgehead atoms. The van der Waals surface area contributed by atoms with E-state index in [2.05, 4.69) is 15.4 Å². The summed E-state index contributed by atoms with van der Waals surface area (Å²) in [6.45, 7) is 7.70. The number of carboxylic acid groups (broad SMARTS) is 1. The van der Waals surface area contributed by atoms with Crippen LogP contribution in [-0.2, 0) is 21.2 Å². The van der Waals surface area contributed by atoms with Crippen molar-refractivity contribution in [3.05, 3.63) is 82.9 Å². The van der Waals surface area contributed by atoms with Gasteiger partial charge in [0, 0.05) is 12.1 Å². The van der Waals surface area contributed by atoms with Crippen molar-refractivity contribution in [2.75, 3.05) is 11.9 Å². The molecule has 0 saturated carbocycles. The number of amides is 2. The van der Waals surface area contributed by atoms with E-state index in [1.165, 1.54) is 0 Å². The van der Waals surface area contributed by atoms with E-state index in [9.17, 15) is 23.1 Å². The first-order valence-electron chi connectivity index (χ1n) is 12.1. The molecule has 0 aliphatic carbocycles. The molecule has 0 aliphatic rings.